The predicted molar refractivity (Wildman–Crippen MR) is 178 cm³/mol. The largest absolute Gasteiger partial charge is 0.457 e. The van der Waals surface area contributed by atoms with E-state index in [1.54, 1.807) is 64.0 Å². The Morgan fingerprint density at radius 3 is 2.49 bits per heavy atom. The minimum absolute atomic E-state index is 0.000862. The zero-order chi connectivity index (χ0) is 33.3. The molecule has 242 valence electrons. The Balaban J connectivity index is 1.28. The Labute approximate surface area is 272 Å². The summed E-state index contributed by atoms with van der Waals surface area (Å²) in [4.78, 5) is 49.9. The number of likely N-dealkylation sites (tertiary alicyclic amines) is 1. The Bertz CT molecular complexity index is 1940. The number of carbonyl (C=O) groups is 2. The number of likely N-dealkylation sites (N-methyl/N-ethyl adjacent to an activating group) is 1. The van der Waals surface area contributed by atoms with Crippen LogP contribution in [0.5, 0.6) is 11.5 Å². The number of nitriles is 1. The zero-order valence-electron chi connectivity index (χ0n) is 26.8. The van der Waals surface area contributed by atoms with E-state index >= 15 is 0 Å². The van der Waals surface area contributed by atoms with E-state index < -0.39 is 5.54 Å². The van der Waals surface area contributed by atoms with Gasteiger partial charge in [-0.05, 0) is 75.2 Å². The molecule has 0 bridgehead atoms. The van der Waals surface area contributed by atoms with Crippen LogP contribution in [0.1, 0.15) is 26.7 Å². The number of ether oxygens (including phenoxy) is 1. The first-order valence-electron chi connectivity index (χ1n) is 15.7. The molecule has 2 fully saturated rings. The highest BCUT2D eigenvalue weighted by atomic mass is 16.5. The second-order valence-corrected chi connectivity index (χ2v) is 12.6. The number of nitrogens with two attached hydrogens (primary N) is 1. The summed E-state index contributed by atoms with van der Waals surface area (Å²) in [6.45, 7) is 5.94. The van der Waals surface area contributed by atoms with Gasteiger partial charge in [-0.25, -0.2) is 9.78 Å². The molecular formula is C35H38N8O4. The number of carbonyl (C=O) groups excluding carboxylic acids is 2. The van der Waals surface area contributed by atoms with Crippen molar-refractivity contribution in [1.82, 2.24) is 28.8 Å². The van der Waals surface area contributed by atoms with E-state index in [-0.39, 0.29) is 48.0 Å². The molecule has 12 nitrogen and oxygen atoms in total. The molecule has 0 unspecified atom stereocenters. The molecule has 4 aromatic rings. The van der Waals surface area contributed by atoms with Crippen molar-refractivity contribution in [3.63, 3.8) is 0 Å². The summed E-state index contributed by atoms with van der Waals surface area (Å²) in [7, 11) is 1.77. The number of pyridine rings is 1. The number of hydrogen-bond donors (Lipinski definition) is 1. The van der Waals surface area contributed by atoms with Crippen molar-refractivity contribution in [2.24, 2.45) is 0 Å². The molecule has 0 radical (unpaired) electrons. The fraction of sp³-hybridized carbons (Fsp3) is 0.343. The molecule has 0 saturated carbocycles. The lowest BCUT2D eigenvalue weighted by Crippen LogP contribution is -2.55. The number of aromatic nitrogens is 3. The molecule has 12 heteroatoms. The van der Waals surface area contributed by atoms with Gasteiger partial charge in [0.25, 0.3) is 5.91 Å². The Hall–Kier alpha value is -5.41. The van der Waals surface area contributed by atoms with Crippen LogP contribution in [0.3, 0.4) is 0 Å². The maximum atomic E-state index is 14.1. The molecule has 6 rings (SSSR count). The van der Waals surface area contributed by atoms with Gasteiger partial charge in [0.2, 0.25) is 5.91 Å². The van der Waals surface area contributed by atoms with E-state index in [4.69, 9.17) is 10.5 Å². The smallest absolute Gasteiger partial charge is 0.333 e. The van der Waals surface area contributed by atoms with Crippen LogP contribution in [0, 0.1) is 11.3 Å². The number of imidazole rings is 1. The van der Waals surface area contributed by atoms with Gasteiger partial charge in [0.05, 0.1) is 23.8 Å². The van der Waals surface area contributed by atoms with Crippen molar-refractivity contribution in [3.05, 3.63) is 89.0 Å². The lowest BCUT2D eigenvalue weighted by Gasteiger charge is -2.41. The molecule has 47 heavy (non-hydrogen) atoms. The third-order valence-corrected chi connectivity index (χ3v) is 9.09. The molecule has 2 amide bonds. The summed E-state index contributed by atoms with van der Waals surface area (Å²) >= 11 is 0. The number of nitrogens with zero attached hydrogens (tertiary/aromatic N) is 7. The maximum absolute atomic E-state index is 14.1. The van der Waals surface area contributed by atoms with Gasteiger partial charge in [0, 0.05) is 45.0 Å². The van der Waals surface area contributed by atoms with E-state index in [9.17, 15) is 19.6 Å². The number of nitrogen functional groups attached to an aromatic ring is 1. The molecule has 0 aliphatic carbocycles. The quantitative estimate of drug-likeness (QED) is 0.229. The summed E-state index contributed by atoms with van der Waals surface area (Å²) in [5.41, 5.74) is 7.03. The molecule has 0 spiro atoms. The predicted octanol–water partition coefficient (Wildman–Crippen LogP) is 3.56. The Morgan fingerprint density at radius 2 is 1.79 bits per heavy atom. The molecule has 2 aliphatic heterocycles. The van der Waals surface area contributed by atoms with Crippen LogP contribution in [0.15, 0.2) is 83.3 Å². The van der Waals surface area contributed by atoms with Crippen LogP contribution >= 0.6 is 0 Å². The van der Waals surface area contributed by atoms with Crippen molar-refractivity contribution in [1.29, 1.82) is 5.26 Å². The van der Waals surface area contributed by atoms with E-state index in [0.717, 1.165) is 6.42 Å². The third kappa shape index (κ3) is 6.22. The summed E-state index contributed by atoms with van der Waals surface area (Å²) in [5, 5.41) is 10.1. The number of piperazine rings is 1. The van der Waals surface area contributed by atoms with Crippen molar-refractivity contribution < 1.29 is 14.3 Å². The number of para-hydroxylation sites is 1. The van der Waals surface area contributed by atoms with E-state index in [1.807, 2.05) is 49.1 Å². The van der Waals surface area contributed by atoms with Crippen molar-refractivity contribution in [3.8, 4) is 23.3 Å². The maximum Gasteiger partial charge on any atom is 0.333 e. The highest BCUT2D eigenvalue weighted by molar-refractivity contribution is 5.98. The fourth-order valence-corrected chi connectivity index (χ4v) is 6.42. The molecule has 2 aromatic carbocycles. The summed E-state index contributed by atoms with van der Waals surface area (Å²) in [6, 6.07) is 20.1. The van der Waals surface area contributed by atoms with Crippen LogP contribution in [-0.2, 0) is 16.1 Å². The lowest BCUT2D eigenvalue weighted by atomic mass is 9.97. The molecular weight excluding hydrogens is 596 g/mol. The summed E-state index contributed by atoms with van der Waals surface area (Å²) in [5.74, 6) is 1.15. The lowest BCUT2D eigenvalue weighted by molar-refractivity contribution is -0.136. The first-order chi connectivity index (χ1) is 22.6. The van der Waals surface area contributed by atoms with Crippen LogP contribution in [0.2, 0.25) is 0 Å². The number of hydrogen-bond acceptors (Lipinski definition) is 8. The molecule has 2 aliphatic rings. The standard InChI is InChI=1S/C35H38N8O4/c1-35(2,40-19-18-39(3)30(44)23-40)20-24(21-36)33(45)41-17-7-8-26(41)22-42-29-15-16-38-32(37)31(29)43(34(42)46)25-11-13-28(14-12-25)47-27-9-5-4-6-10-27/h4-6,9-16,20,26H,7-8,17-19,22-23H2,1-3H3,(H2,37,38)/b24-20-/t26-/m0/s1. The first-order valence-corrected chi connectivity index (χ1v) is 15.7. The zero-order valence-corrected chi connectivity index (χ0v) is 26.8. The number of anilines is 1. The normalized spacial score (nSPS) is 17.7. The van der Waals surface area contributed by atoms with Gasteiger partial charge < -0.3 is 20.3 Å². The number of rotatable bonds is 8. The fourth-order valence-electron chi connectivity index (χ4n) is 6.42. The average molecular weight is 635 g/mol. The van der Waals surface area contributed by atoms with Crippen LogP contribution in [0.4, 0.5) is 5.82 Å². The van der Waals surface area contributed by atoms with Gasteiger partial charge in [-0.2, -0.15) is 5.26 Å². The minimum atomic E-state index is -0.691. The third-order valence-electron chi connectivity index (χ3n) is 9.09. The minimum Gasteiger partial charge on any atom is -0.457 e. The summed E-state index contributed by atoms with van der Waals surface area (Å²) < 4.78 is 9.09. The van der Waals surface area contributed by atoms with Gasteiger partial charge in [0.1, 0.15) is 34.5 Å². The Kier molecular flexibility index (Phi) is 8.58. The second-order valence-electron chi connectivity index (χ2n) is 12.6. The SMILES string of the molecule is CN1CCN(C(C)(C)/C=C(/C#N)C(=O)N2CCC[C@H]2Cn2c(=O)n(-c3ccc(Oc4ccccc4)cc3)c3c(N)nccc32)CC1=O. The van der Waals surface area contributed by atoms with Crippen LogP contribution in [-0.4, -0.2) is 85.4 Å². The molecule has 2 saturated heterocycles. The van der Waals surface area contributed by atoms with E-state index in [2.05, 4.69) is 11.1 Å². The van der Waals surface area contributed by atoms with Gasteiger partial charge in [0.15, 0.2) is 0 Å². The number of benzene rings is 2. The molecule has 4 heterocycles. The van der Waals surface area contributed by atoms with Crippen LogP contribution < -0.4 is 16.2 Å². The van der Waals surface area contributed by atoms with Gasteiger partial charge in [-0.15, -0.1) is 0 Å². The number of fused-ring (bicyclic) bond motifs is 1. The average Bonchev–Trinajstić information content (AvgIpc) is 3.64. The molecule has 2 aromatic heterocycles. The molecule has 2 N–H and O–H groups in total. The summed E-state index contributed by atoms with van der Waals surface area (Å²) in [6.07, 6.45) is 4.64. The van der Waals surface area contributed by atoms with Crippen LogP contribution in [0.25, 0.3) is 16.7 Å². The topological polar surface area (TPSA) is 143 Å². The van der Waals surface area contributed by atoms with Gasteiger partial charge >= 0.3 is 5.69 Å². The van der Waals surface area contributed by atoms with Gasteiger partial charge in [-0.3, -0.25) is 23.6 Å². The Morgan fingerprint density at radius 1 is 1.06 bits per heavy atom. The van der Waals surface area contributed by atoms with Crippen molar-refractivity contribution in [2.45, 2.75) is 44.8 Å². The van der Waals surface area contributed by atoms with Gasteiger partial charge in [-0.1, -0.05) is 18.2 Å². The second kappa shape index (κ2) is 12.8. The van der Waals surface area contributed by atoms with Crippen molar-refractivity contribution in [2.75, 3.05) is 39.0 Å². The highest BCUT2D eigenvalue weighted by Gasteiger charge is 2.36. The molecule has 1 atom stereocenters. The first kappa shape index (κ1) is 31.6. The number of amides is 2. The van der Waals surface area contributed by atoms with E-state index in [1.165, 1.54) is 4.57 Å². The monoisotopic (exact) mass is 634 g/mol. The highest BCUT2D eigenvalue weighted by Crippen LogP contribution is 2.28. The van der Waals surface area contributed by atoms with Crippen molar-refractivity contribution >= 4 is 28.7 Å². The van der Waals surface area contributed by atoms with E-state index in [0.29, 0.717) is 54.3 Å².